The summed E-state index contributed by atoms with van der Waals surface area (Å²) in [5.41, 5.74) is 4.35. The molecule has 3 aromatic carbocycles. The van der Waals surface area contributed by atoms with Crippen LogP contribution in [0.3, 0.4) is 0 Å². The average Bonchev–Trinajstić information content (AvgIpc) is 3.78. The second-order valence-corrected chi connectivity index (χ2v) is 20.7. The molecule has 3 N–H and O–H groups in total. The van der Waals surface area contributed by atoms with Crippen LogP contribution >= 0.6 is 0 Å². The Morgan fingerprint density at radius 3 is 0.947 bits per heavy atom. The molecule has 0 saturated carbocycles. The number of nitrogens with one attached hydrogen (secondary N) is 3. The highest BCUT2D eigenvalue weighted by Gasteiger charge is 2.20. The summed E-state index contributed by atoms with van der Waals surface area (Å²) in [6.45, 7) is 8.63. The van der Waals surface area contributed by atoms with Crippen molar-refractivity contribution in [2.75, 3.05) is 39.5 Å². The number of unbranched alkanes of at least 4 members (excludes halogenated alkanes) is 27. The Kier molecular flexibility index (Phi) is 33.2. The van der Waals surface area contributed by atoms with Crippen LogP contribution in [0.1, 0.15) is 213 Å². The largest absolute Gasteiger partial charge is 0.484 e. The van der Waals surface area contributed by atoms with Gasteiger partial charge in [0.05, 0.1) is 11.4 Å². The van der Waals surface area contributed by atoms with Gasteiger partial charge in [-0.2, -0.15) is 0 Å². The molecule has 0 saturated heterocycles. The molecule has 0 spiro atoms. The van der Waals surface area contributed by atoms with E-state index in [1.807, 2.05) is 79.8 Å². The van der Waals surface area contributed by atoms with Crippen LogP contribution in [0.5, 0.6) is 17.2 Å². The molecule has 4 rings (SSSR count). The Morgan fingerprint density at radius 1 is 0.373 bits per heavy atom. The van der Waals surface area contributed by atoms with Crippen molar-refractivity contribution in [3.8, 4) is 51.2 Å². The predicted molar refractivity (Wildman–Crippen MR) is 311 cm³/mol. The van der Waals surface area contributed by atoms with Gasteiger partial charge in [-0.25, -0.2) is 4.98 Å². The van der Waals surface area contributed by atoms with Gasteiger partial charge in [-0.3, -0.25) is 14.4 Å². The van der Waals surface area contributed by atoms with Crippen molar-refractivity contribution < 1.29 is 28.6 Å². The number of ether oxygens (including phenoxy) is 3. The zero-order valence-electron chi connectivity index (χ0n) is 47.2. The first-order valence-corrected chi connectivity index (χ1v) is 29.9. The maximum atomic E-state index is 12.7. The third-order valence-corrected chi connectivity index (χ3v) is 14.1. The van der Waals surface area contributed by atoms with E-state index in [2.05, 4.69) is 41.3 Å². The third-order valence-electron chi connectivity index (χ3n) is 14.1. The minimum atomic E-state index is -0.122. The summed E-state index contributed by atoms with van der Waals surface area (Å²) >= 11 is 0. The monoisotopic (exact) mass is 1030 g/mol. The molecule has 0 atom stereocenters. The van der Waals surface area contributed by atoms with Crippen LogP contribution in [0.25, 0.3) is 33.9 Å². The zero-order chi connectivity index (χ0) is 53.4. The molecule has 1 heterocycles. The maximum absolute atomic E-state index is 12.7. The lowest BCUT2D eigenvalue weighted by molar-refractivity contribution is -0.123. The summed E-state index contributed by atoms with van der Waals surface area (Å²) in [7, 11) is 2.00. The minimum absolute atomic E-state index is 0.0403. The SMILES string of the molecule is CCCCCCCCCCCCNC(=O)COc1ccc(-c2nc(-c3ccc(OCC(=O)NCCCCCCCCCCCC)cc3)n(C)c2-c2ccc(OCC(=O)NCCCCCCCCCCCC)cc2)cc1. The van der Waals surface area contributed by atoms with Crippen molar-refractivity contribution in [1.29, 1.82) is 0 Å². The summed E-state index contributed by atoms with van der Waals surface area (Å²) in [6.07, 6.45) is 37.7. The van der Waals surface area contributed by atoms with Gasteiger partial charge in [0.25, 0.3) is 17.7 Å². The Hall–Kier alpha value is -5.32. The summed E-state index contributed by atoms with van der Waals surface area (Å²) in [5.74, 6) is 2.20. The van der Waals surface area contributed by atoms with Crippen molar-refractivity contribution in [3.63, 3.8) is 0 Å². The van der Waals surface area contributed by atoms with Gasteiger partial charge in [0.1, 0.15) is 23.1 Å². The standard InChI is InChI=1S/C64H99N5O6/c1-5-8-11-14-17-20-23-26-29-32-47-65-59(70)50-73-56-41-35-53(36-42-56)62-63(54-37-43-57(44-38-54)74-51-60(71)66-48-33-30-27-24-21-18-15-12-9-6-2)69(4)64(68-62)55-39-45-58(46-40-55)75-52-61(72)67-49-34-31-28-25-22-19-16-13-10-7-3/h35-46H,5-34,47-52H2,1-4H3,(H,65,70)(H,66,71)(H,67,72). The van der Waals surface area contributed by atoms with E-state index in [-0.39, 0.29) is 37.5 Å². The summed E-state index contributed by atoms with van der Waals surface area (Å²) in [6, 6.07) is 23.1. The number of carbonyl (C=O) groups is 3. The van der Waals surface area contributed by atoms with Crippen molar-refractivity contribution in [2.24, 2.45) is 7.05 Å². The van der Waals surface area contributed by atoms with Gasteiger partial charge in [-0.05, 0) is 92.1 Å². The van der Waals surface area contributed by atoms with E-state index in [0.717, 1.165) is 72.4 Å². The zero-order valence-corrected chi connectivity index (χ0v) is 47.2. The number of imidazole rings is 1. The van der Waals surface area contributed by atoms with E-state index in [0.29, 0.717) is 36.9 Å². The number of benzene rings is 3. The molecular weight excluding hydrogens is 935 g/mol. The number of amides is 3. The molecule has 0 unspecified atom stereocenters. The normalized spacial score (nSPS) is 11.1. The summed E-state index contributed by atoms with van der Waals surface area (Å²) in [5, 5.41) is 9.03. The molecule has 11 heteroatoms. The molecule has 0 aliphatic carbocycles. The molecule has 0 aliphatic heterocycles. The van der Waals surface area contributed by atoms with E-state index < -0.39 is 0 Å². The Morgan fingerprint density at radius 2 is 0.640 bits per heavy atom. The Bertz CT molecular complexity index is 2100. The van der Waals surface area contributed by atoms with Gasteiger partial charge < -0.3 is 34.7 Å². The number of nitrogens with zero attached hydrogens (tertiary/aromatic N) is 2. The molecule has 0 bridgehead atoms. The second kappa shape index (κ2) is 40.0. The van der Waals surface area contributed by atoms with Gasteiger partial charge in [-0.15, -0.1) is 0 Å². The maximum Gasteiger partial charge on any atom is 0.257 e. The highest BCUT2D eigenvalue weighted by Crippen LogP contribution is 2.37. The first kappa shape index (κ1) is 62.2. The fraction of sp³-hybridized carbons (Fsp3) is 0.625. The smallest absolute Gasteiger partial charge is 0.257 e. The lowest BCUT2D eigenvalue weighted by atomic mass is 10.0. The Labute approximate surface area is 453 Å². The third kappa shape index (κ3) is 26.8. The van der Waals surface area contributed by atoms with Gasteiger partial charge in [0.2, 0.25) is 0 Å². The van der Waals surface area contributed by atoms with Crippen molar-refractivity contribution in [3.05, 3.63) is 72.8 Å². The quantitative estimate of drug-likeness (QED) is 0.0376. The van der Waals surface area contributed by atoms with Crippen LogP contribution in [-0.2, 0) is 21.4 Å². The molecule has 416 valence electrons. The first-order chi connectivity index (χ1) is 36.8. The van der Waals surface area contributed by atoms with E-state index in [1.165, 1.54) is 154 Å². The van der Waals surface area contributed by atoms with Crippen LogP contribution in [0.2, 0.25) is 0 Å². The highest BCUT2D eigenvalue weighted by molar-refractivity contribution is 5.83. The molecule has 3 amide bonds. The van der Waals surface area contributed by atoms with E-state index in [1.54, 1.807) is 0 Å². The molecular formula is C64H99N5O6. The first-order valence-electron chi connectivity index (χ1n) is 29.9. The number of rotatable bonds is 45. The topological polar surface area (TPSA) is 133 Å². The second-order valence-electron chi connectivity index (χ2n) is 20.7. The number of aromatic nitrogens is 2. The minimum Gasteiger partial charge on any atom is -0.484 e. The van der Waals surface area contributed by atoms with E-state index in [9.17, 15) is 14.4 Å². The predicted octanol–water partition coefficient (Wildman–Crippen LogP) is 15.7. The number of hydrogen-bond acceptors (Lipinski definition) is 7. The van der Waals surface area contributed by atoms with Crippen molar-refractivity contribution >= 4 is 17.7 Å². The van der Waals surface area contributed by atoms with Crippen molar-refractivity contribution in [2.45, 2.75) is 213 Å². The van der Waals surface area contributed by atoms with Crippen LogP contribution in [-0.4, -0.2) is 66.7 Å². The van der Waals surface area contributed by atoms with Gasteiger partial charge in [0, 0.05) is 43.4 Å². The van der Waals surface area contributed by atoms with Crippen molar-refractivity contribution in [1.82, 2.24) is 25.5 Å². The van der Waals surface area contributed by atoms with E-state index in [4.69, 9.17) is 19.2 Å². The van der Waals surface area contributed by atoms with E-state index >= 15 is 0 Å². The molecule has 0 radical (unpaired) electrons. The Balaban J connectivity index is 1.31. The summed E-state index contributed by atoms with van der Waals surface area (Å²) in [4.78, 5) is 43.1. The highest BCUT2D eigenvalue weighted by atomic mass is 16.5. The van der Waals surface area contributed by atoms with Gasteiger partial charge in [-0.1, -0.05) is 194 Å². The summed E-state index contributed by atoms with van der Waals surface area (Å²) < 4.78 is 19.8. The van der Waals surface area contributed by atoms with Crippen LogP contribution < -0.4 is 30.2 Å². The van der Waals surface area contributed by atoms with Crippen LogP contribution in [0.4, 0.5) is 0 Å². The van der Waals surface area contributed by atoms with Crippen LogP contribution in [0.15, 0.2) is 72.8 Å². The lowest BCUT2D eigenvalue weighted by Gasteiger charge is -2.11. The lowest BCUT2D eigenvalue weighted by Crippen LogP contribution is -2.29. The number of hydrogen-bond donors (Lipinski definition) is 3. The molecule has 1 aromatic heterocycles. The van der Waals surface area contributed by atoms with Gasteiger partial charge >= 0.3 is 0 Å². The molecule has 75 heavy (non-hydrogen) atoms. The van der Waals surface area contributed by atoms with Crippen LogP contribution in [0, 0.1) is 0 Å². The molecule has 11 nitrogen and oxygen atoms in total. The molecule has 0 fully saturated rings. The molecule has 4 aromatic rings. The fourth-order valence-electron chi connectivity index (χ4n) is 9.53. The average molecular weight is 1030 g/mol. The fourth-order valence-corrected chi connectivity index (χ4v) is 9.53. The van der Waals surface area contributed by atoms with Gasteiger partial charge in [0.15, 0.2) is 19.8 Å². The number of carbonyl (C=O) groups excluding carboxylic acids is 3. The molecule has 0 aliphatic rings.